The van der Waals surface area contributed by atoms with E-state index in [0.717, 1.165) is 0 Å². The molecule has 0 saturated heterocycles. The molecule has 1 aromatic rings. The molecule has 0 radical (unpaired) electrons. The third kappa shape index (κ3) is 2.95. The molecule has 0 atom stereocenters. The van der Waals surface area contributed by atoms with E-state index in [0.29, 0.717) is 5.02 Å². The molecule has 0 aliphatic rings. The summed E-state index contributed by atoms with van der Waals surface area (Å²) in [5, 5.41) is 19.5. The van der Waals surface area contributed by atoms with Crippen molar-refractivity contribution in [2.45, 2.75) is 0 Å². The van der Waals surface area contributed by atoms with Gasteiger partial charge in [-0.3, -0.25) is 4.79 Å². The van der Waals surface area contributed by atoms with Crippen LogP contribution in [0.4, 0.5) is 0 Å². The number of likely N-dealkylation sites (N-methyl/N-ethyl adjacent to an activating group) is 1. The van der Waals surface area contributed by atoms with Gasteiger partial charge in [0, 0.05) is 24.7 Å². The summed E-state index contributed by atoms with van der Waals surface area (Å²) >= 11 is 11.6. The average Bonchev–Trinajstić information content (AvgIpc) is 2.29. The number of carbonyl (C=O) groups excluding carboxylic acids is 1. The fourth-order valence-corrected chi connectivity index (χ4v) is 1.74. The molecule has 0 aromatic heterocycles. The van der Waals surface area contributed by atoms with Gasteiger partial charge in [0.15, 0.2) is 5.57 Å². The first-order valence-corrected chi connectivity index (χ1v) is 5.64. The molecule has 0 spiro atoms. The van der Waals surface area contributed by atoms with Gasteiger partial charge in [-0.1, -0.05) is 23.2 Å². The Bertz CT molecular complexity index is 560. The van der Waals surface area contributed by atoms with Crippen molar-refractivity contribution in [2.24, 2.45) is 0 Å². The van der Waals surface area contributed by atoms with E-state index < -0.39 is 11.7 Å². The highest BCUT2D eigenvalue weighted by Gasteiger charge is 2.19. The summed E-state index contributed by atoms with van der Waals surface area (Å²) in [7, 11) is 2.97. The highest BCUT2D eigenvalue weighted by molar-refractivity contribution is 6.35. The summed E-state index contributed by atoms with van der Waals surface area (Å²) in [6, 6.07) is 6.04. The highest BCUT2D eigenvalue weighted by atomic mass is 35.5. The summed E-state index contributed by atoms with van der Waals surface area (Å²) in [5.74, 6) is -1.06. The summed E-state index contributed by atoms with van der Waals surface area (Å²) in [4.78, 5) is 12.9. The molecule has 0 unspecified atom stereocenters. The Morgan fingerprint density at radius 3 is 2.44 bits per heavy atom. The highest BCUT2D eigenvalue weighted by Crippen LogP contribution is 2.27. The first kappa shape index (κ1) is 14.4. The predicted molar refractivity (Wildman–Crippen MR) is 70.3 cm³/mol. The van der Waals surface area contributed by atoms with Gasteiger partial charge in [-0.25, -0.2) is 0 Å². The zero-order valence-electron chi connectivity index (χ0n) is 9.74. The molecule has 0 aliphatic carbocycles. The van der Waals surface area contributed by atoms with E-state index in [-0.39, 0.29) is 16.2 Å². The van der Waals surface area contributed by atoms with Crippen molar-refractivity contribution in [3.63, 3.8) is 0 Å². The number of benzene rings is 1. The normalized spacial score (nSPS) is 11.5. The van der Waals surface area contributed by atoms with Gasteiger partial charge in [-0.2, -0.15) is 5.26 Å². The number of rotatable bonds is 2. The third-order valence-electron chi connectivity index (χ3n) is 2.15. The van der Waals surface area contributed by atoms with E-state index >= 15 is 0 Å². The molecule has 1 amide bonds. The zero-order chi connectivity index (χ0) is 13.9. The molecule has 1 rings (SSSR count). The molecule has 0 bridgehead atoms. The first-order valence-electron chi connectivity index (χ1n) is 4.89. The van der Waals surface area contributed by atoms with Crippen molar-refractivity contribution >= 4 is 34.9 Å². The predicted octanol–water partition coefficient (Wildman–Crippen LogP) is 2.87. The molecule has 4 nitrogen and oxygen atoms in total. The Morgan fingerprint density at radius 1 is 1.39 bits per heavy atom. The van der Waals surface area contributed by atoms with E-state index in [4.69, 9.17) is 28.5 Å². The molecular formula is C12H10Cl2N2O2. The number of aliphatic hydroxyl groups is 1. The van der Waals surface area contributed by atoms with E-state index in [1.54, 1.807) is 6.07 Å². The van der Waals surface area contributed by atoms with Gasteiger partial charge in [0.1, 0.15) is 11.8 Å². The van der Waals surface area contributed by atoms with Gasteiger partial charge in [0.05, 0.1) is 5.02 Å². The Morgan fingerprint density at radius 2 is 2.00 bits per heavy atom. The molecule has 18 heavy (non-hydrogen) atoms. The number of amides is 1. The Balaban J connectivity index is 3.37. The number of carbonyl (C=O) groups is 1. The molecular weight excluding hydrogens is 275 g/mol. The van der Waals surface area contributed by atoms with Crippen LogP contribution < -0.4 is 0 Å². The molecule has 0 heterocycles. The molecule has 1 aromatic carbocycles. The Kier molecular flexibility index (Phi) is 4.60. The zero-order valence-corrected chi connectivity index (χ0v) is 11.2. The van der Waals surface area contributed by atoms with Crippen LogP contribution in [0.3, 0.4) is 0 Å². The number of hydrogen-bond donors (Lipinski definition) is 1. The SMILES string of the molecule is CN(C)C(=O)/C(C#N)=C(\O)c1ccc(Cl)cc1Cl. The lowest BCUT2D eigenvalue weighted by molar-refractivity contribution is -0.124. The van der Waals surface area contributed by atoms with Crippen molar-refractivity contribution in [1.82, 2.24) is 4.90 Å². The lowest BCUT2D eigenvalue weighted by Crippen LogP contribution is -2.23. The fraction of sp³-hybridized carbons (Fsp3) is 0.167. The lowest BCUT2D eigenvalue weighted by Gasteiger charge is -2.11. The Labute approximate surface area is 115 Å². The number of hydrogen-bond acceptors (Lipinski definition) is 3. The van der Waals surface area contributed by atoms with Crippen LogP contribution in [0.15, 0.2) is 23.8 Å². The first-order chi connectivity index (χ1) is 8.38. The van der Waals surface area contributed by atoms with Crippen LogP contribution in [-0.2, 0) is 4.79 Å². The van der Waals surface area contributed by atoms with Gasteiger partial charge in [0.2, 0.25) is 0 Å². The van der Waals surface area contributed by atoms with Gasteiger partial charge in [-0.05, 0) is 18.2 Å². The van der Waals surface area contributed by atoms with E-state index in [1.165, 1.54) is 37.2 Å². The minimum Gasteiger partial charge on any atom is -0.506 e. The molecule has 94 valence electrons. The Hall–Kier alpha value is -1.70. The van der Waals surface area contributed by atoms with Crippen LogP contribution in [0.25, 0.3) is 5.76 Å². The summed E-state index contributed by atoms with van der Waals surface area (Å²) in [5.41, 5.74) is -0.183. The van der Waals surface area contributed by atoms with Gasteiger partial charge >= 0.3 is 0 Å². The minimum atomic E-state index is -0.596. The molecule has 6 heteroatoms. The van der Waals surface area contributed by atoms with Gasteiger partial charge in [0.25, 0.3) is 5.91 Å². The third-order valence-corrected chi connectivity index (χ3v) is 2.70. The van der Waals surface area contributed by atoms with E-state index in [2.05, 4.69) is 0 Å². The standard InChI is InChI=1S/C12H10Cl2N2O2/c1-16(2)12(18)9(6-15)11(17)8-4-3-7(13)5-10(8)14/h3-5,17H,1-2H3/b11-9-. The smallest absolute Gasteiger partial charge is 0.267 e. The quantitative estimate of drug-likeness (QED) is 0.516. The number of nitriles is 1. The summed E-state index contributed by atoms with van der Waals surface area (Å²) in [6.45, 7) is 0. The number of nitrogens with zero attached hydrogens (tertiary/aromatic N) is 2. The molecule has 0 aliphatic heterocycles. The van der Waals surface area contributed by atoms with Crippen molar-refractivity contribution in [3.8, 4) is 6.07 Å². The van der Waals surface area contributed by atoms with Crippen LogP contribution in [0.1, 0.15) is 5.56 Å². The van der Waals surface area contributed by atoms with Crippen LogP contribution >= 0.6 is 23.2 Å². The number of aliphatic hydroxyl groups excluding tert-OH is 1. The number of halogens is 2. The topological polar surface area (TPSA) is 64.3 Å². The average molecular weight is 285 g/mol. The lowest BCUT2D eigenvalue weighted by atomic mass is 10.1. The maximum atomic E-state index is 11.7. The van der Waals surface area contributed by atoms with Crippen molar-refractivity contribution in [1.29, 1.82) is 5.26 Å². The summed E-state index contributed by atoms with van der Waals surface area (Å²) in [6.07, 6.45) is 0. The van der Waals surface area contributed by atoms with Crippen LogP contribution in [0.2, 0.25) is 10.0 Å². The second-order valence-electron chi connectivity index (χ2n) is 3.66. The second-order valence-corrected chi connectivity index (χ2v) is 4.50. The monoisotopic (exact) mass is 284 g/mol. The van der Waals surface area contributed by atoms with Crippen LogP contribution in [-0.4, -0.2) is 30.0 Å². The minimum absolute atomic E-state index is 0.166. The van der Waals surface area contributed by atoms with Crippen molar-refractivity contribution in [2.75, 3.05) is 14.1 Å². The molecule has 0 saturated carbocycles. The van der Waals surface area contributed by atoms with Crippen LogP contribution in [0.5, 0.6) is 0 Å². The van der Waals surface area contributed by atoms with Gasteiger partial charge < -0.3 is 10.0 Å². The molecule has 0 fully saturated rings. The fourth-order valence-electron chi connectivity index (χ4n) is 1.24. The largest absolute Gasteiger partial charge is 0.506 e. The second kappa shape index (κ2) is 5.76. The van der Waals surface area contributed by atoms with E-state index in [1.807, 2.05) is 0 Å². The van der Waals surface area contributed by atoms with E-state index in [9.17, 15) is 9.90 Å². The van der Waals surface area contributed by atoms with Crippen LogP contribution in [0, 0.1) is 11.3 Å². The maximum absolute atomic E-state index is 11.7. The summed E-state index contributed by atoms with van der Waals surface area (Å²) < 4.78 is 0. The van der Waals surface area contributed by atoms with Crippen molar-refractivity contribution < 1.29 is 9.90 Å². The van der Waals surface area contributed by atoms with Gasteiger partial charge in [-0.15, -0.1) is 0 Å². The maximum Gasteiger partial charge on any atom is 0.267 e. The van der Waals surface area contributed by atoms with Crippen molar-refractivity contribution in [3.05, 3.63) is 39.4 Å². The molecule has 1 N–H and O–H groups in total.